The first-order valence-corrected chi connectivity index (χ1v) is 3.82. The number of hydrogen-bond acceptors (Lipinski definition) is 2. The van der Waals surface area contributed by atoms with Crippen LogP contribution in [-0.4, -0.2) is 11.1 Å². The van der Waals surface area contributed by atoms with Gasteiger partial charge in [-0.1, -0.05) is 6.92 Å². The minimum Gasteiger partial charge on any atom is -0.478 e. The highest BCUT2D eigenvalue weighted by molar-refractivity contribution is 5.87. The summed E-state index contributed by atoms with van der Waals surface area (Å²) in [7, 11) is 0. The minimum absolute atomic E-state index is 0.420. The van der Waals surface area contributed by atoms with Crippen LogP contribution >= 0.6 is 0 Å². The molecule has 1 rings (SSSR count). The highest BCUT2D eigenvalue weighted by Gasteiger charge is 2.19. The van der Waals surface area contributed by atoms with Crippen LogP contribution < -0.4 is 5.73 Å². The summed E-state index contributed by atoms with van der Waals surface area (Å²) in [4.78, 5) is 10.5. The first kappa shape index (κ1) is 8.11. The Balaban J connectivity index is 2.78. The second-order valence-corrected chi connectivity index (χ2v) is 3.16. The molecule has 0 amide bonds. The van der Waals surface area contributed by atoms with Crippen LogP contribution in [0.3, 0.4) is 0 Å². The van der Waals surface area contributed by atoms with Crippen molar-refractivity contribution in [3.8, 4) is 0 Å². The minimum atomic E-state index is -0.852. The number of hydrogen-bond donors (Lipinski definition) is 2. The molecular weight excluding hydrogens is 142 g/mol. The fourth-order valence-corrected chi connectivity index (χ4v) is 1.40. The van der Waals surface area contributed by atoms with Gasteiger partial charge < -0.3 is 10.8 Å². The monoisotopic (exact) mass is 155 g/mol. The zero-order valence-electron chi connectivity index (χ0n) is 6.63. The lowest BCUT2D eigenvalue weighted by molar-refractivity contribution is -0.133. The highest BCUT2D eigenvalue weighted by Crippen LogP contribution is 2.26. The Hall–Kier alpha value is -0.990. The van der Waals surface area contributed by atoms with E-state index in [-0.39, 0.29) is 0 Å². The molecule has 1 atom stereocenters. The number of aliphatic carboxylic acids is 1. The third kappa shape index (κ3) is 1.73. The molecule has 0 saturated carbocycles. The second-order valence-electron chi connectivity index (χ2n) is 3.16. The molecule has 62 valence electrons. The van der Waals surface area contributed by atoms with E-state index in [1.54, 1.807) is 0 Å². The van der Waals surface area contributed by atoms with E-state index < -0.39 is 5.97 Å². The van der Waals surface area contributed by atoms with Crippen LogP contribution in [0.4, 0.5) is 0 Å². The number of carbonyl (C=O) groups is 1. The normalized spacial score (nSPS) is 25.4. The van der Waals surface area contributed by atoms with E-state index in [0.717, 1.165) is 12.8 Å². The predicted octanol–water partition coefficient (Wildman–Crippen LogP) is 1.10. The molecule has 1 aliphatic rings. The maximum atomic E-state index is 10.5. The van der Waals surface area contributed by atoms with Gasteiger partial charge in [-0.25, -0.2) is 4.79 Å². The van der Waals surface area contributed by atoms with Crippen molar-refractivity contribution in [2.24, 2.45) is 11.7 Å². The van der Waals surface area contributed by atoms with Crippen LogP contribution in [0.1, 0.15) is 26.2 Å². The van der Waals surface area contributed by atoms with Gasteiger partial charge in [0, 0.05) is 5.70 Å². The Labute approximate surface area is 65.9 Å². The van der Waals surface area contributed by atoms with Gasteiger partial charge in [0.1, 0.15) is 0 Å². The van der Waals surface area contributed by atoms with E-state index in [9.17, 15) is 4.79 Å². The molecule has 3 heteroatoms. The van der Waals surface area contributed by atoms with Crippen LogP contribution in [0.5, 0.6) is 0 Å². The Morgan fingerprint density at radius 2 is 2.36 bits per heavy atom. The molecular formula is C8H13NO2. The van der Waals surface area contributed by atoms with Crippen LogP contribution in [0.2, 0.25) is 0 Å². The van der Waals surface area contributed by atoms with Crippen molar-refractivity contribution in [1.82, 2.24) is 0 Å². The summed E-state index contributed by atoms with van der Waals surface area (Å²) in [6.07, 6.45) is 2.31. The van der Waals surface area contributed by atoms with Gasteiger partial charge in [-0.15, -0.1) is 0 Å². The zero-order valence-corrected chi connectivity index (χ0v) is 6.63. The molecule has 1 unspecified atom stereocenters. The summed E-state index contributed by atoms with van der Waals surface area (Å²) < 4.78 is 0. The molecule has 0 saturated heterocycles. The van der Waals surface area contributed by atoms with Gasteiger partial charge in [-0.3, -0.25) is 0 Å². The summed E-state index contributed by atoms with van der Waals surface area (Å²) in [5.41, 5.74) is 6.55. The van der Waals surface area contributed by atoms with E-state index >= 15 is 0 Å². The lowest BCUT2D eigenvalue weighted by Crippen LogP contribution is -2.18. The van der Waals surface area contributed by atoms with E-state index in [0.29, 0.717) is 23.6 Å². The van der Waals surface area contributed by atoms with Gasteiger partial charge in [0.2, 0.25) is 0 Å². The molecule has 0 radical (unpaired) electrons. The molecule has 11 heavy (non-hydrogen) atoms. The SMILES string of the molecule is CC1CCC(C(=O)O)=C(N)C1. The van der Waals surface area contributed by atoms with Gasteiger partial charge in [0.15, 0.2) is 0 Å². The maximum Gasteiger partial charge on any atom is 0.333 e. The standard InChI is InChI=1S/C8H13NO2/c1-5-2-3-6(8(10)11)7(9)4-5/h5H,2-4,9H2,1H3,(H,10,11). The molecule has 0 fully saturated rings. The maximum absolute atomic E-state index is 10.5. The fraction of sp³-hybridized carbons (Fsp3) is 0.625. The largest absolute Gasteiger partial charge is 0.478 e. The average Bonchev–Trinajstić information content (AvgIpc) is 1.85. The Morgan fingerprint density at radius 3 is 2.82 bits per heavy atom. The Morgan fingerprint density at radius 1 is 1.73 bits per heavy atom. The van der Waals surface area contributed by atoms with Crippen molar-refractivity contribution >= 4 is 5.97 Å². The van der Waals surface area contributed by atoms with Gasteiger partial charge in [0.05, 0.1) is 5.57 Å². The molecule has 0 aromatic carbocycles. The lowest BCUT2D eigenvalue weighted by atomic mass is 9.89. The van der Waals surface area contributed by atoms with Crippen molar-refractivity contribution in [3.63, 3.8) is 0 Å². The van der Waals surface area contributed by atoms with Crippen molar-refractivity contribution in [3.05, 3.63) is 11.3 Å². The van der Waals surface area contributed by atoms with E-state index in [1.807, 2.05) is 0 Å². The fourth-order valence-electron chi connectivity index (χ4n) is 1.40. The van der Waals surface area contributed by atoms with Gasteiger partial charge in [0.25, 0.3) is 0 Å². The second kappa shape index (κ2) is 2.95. The Kier molecular flexibility index (Phi) is 2.17. The van der Waals surface area contributed by atoms with Crippen molar-refractivity contribution in [2.45, 2.75) is 26.2 Å². The molecule has 3 N–H and O–H groups in total. The summed E-state index contributed by atoms with van der Waals surface area (Å²) in [6, 6.07) is 0. The smallest absolute Gasteiger partial charge is 0.333 e. The first-order chi connectivity index (χ1) is 5.11. The number of carboxylic acids is 1. The molecule has 1 aliphatic carbocycles. The van der Waals surface area contributed by atoms with Crippen molar-refractivity contribution < 1.29 is 9.90 Å². The average molecular weight is 155 g/mol. The summed E-state index contributed by atoms with van der Waals surface area (Å²) >= 11 is 0. The van der Waals surface area contributed by atoms with Gasteiger partial charge in [-0.2, -0.15) is 0 Å². The third-order valence-electron chi connectivity index (χ3n) is 2.10. The number of carboxylic acid groups (broad SMARTS) is 1. The zero-order chi connectivity index (χ0) is 8.43. The summed E-state index contributed by atoms with van der Waals surface area (Å²) in [5, 5.41) is 8.66. The summed E-state index contributed by atoms with van der Waals surface area (Å²) in [6.45, 7) is 2.09. The first-order valence-electron chi connectivity index (χ1n) is 3.82. The lowest BCUT2D eigenvalue weighted by Gasteiger charge is -2.19. The van der Waals surface area contributed by atoms with E-state index in [1.165, 1.54) is 0 Å². The predicted molar refractivity (Wildman–Crippen MR) is 41.9 cm³/mol. The number of allylic oxidation sites excluding steroid dienone is 1. The Bertz CT molecular complexity index is 208. The molecule has 0 aromatic rings. The highest BCUT2D eigenvalue weighted by atomic mass is 16.4. The van der Waals surface area contributed by atoms with Crippen molar-refractivity contribution in [1.29, 1.82) is 0 Å². The number of rotatable bonds is 1. The van der Waals surface area contributed by atoms with Crippen LogP contribution in [0.25, 0.3) is 0 Å². The quantitative estimate of drug-likeness (QED) is 0.596. The van der Waals surface area contributed by atoms with Gasteiger partial charge >= 0.3 is 5.97 Å². The van der Waals surface area contributed by atoms with Crippen LogP contribution in [-0.2, 0) is 4.79 Å². The molecule has 3 nitrogen and oxygen atoms in total. The van der Waals surface area contributed by atoms with E-state index in [2.05, 4.69) is 6.92 Å². The third-order valence-corrected chi connectivity index (χ3v) is 2.10. The van der Waals surface area contributed by atoms with Crippen LogP contribution in [0, 0.1) is 5.92 Å². The molecule has 0 aromatic heterocycles. The topological polar surface area (TPSA) is 63.3 Å². The molecule has 0 spiro atoms. The molecule has 0 aliphatic heterocycles. The van der Waals surface area contributed by atoms with Crippen LogP contribution in [0.15, 0.2) is 11.3 Å². The van der Waals surface area contributed by atoms with E-state index in [4.69, 9.17) is 10.8 Å². The van der Waals surface area contributed by atoms with Gasteiger partial charge in [-0.05, 0) is 25.2 Å². The number of nitrogens with two attached hydrogens (primary N) is 1. The van der Waals surface area contributed by atoms with Crippen molar-refractivity contribution in [2.75, 3.05) is 0 Å². The molecule has 0 heterocycles. The molecule has 0 bridgehead atoms. The summed E-state index contributed by atoms with van der Waals surface area (Å²) in [5.74, 6) is -0.313.